The number of pyridine rings is 2. The number of fused-ring (bicyclic) bond motifs is 8. The number of para-hydroxylation sites is 4. The molecular formula is C78H54N6Si. The molecule has 16 rings (SSSR count). The Hall–Kier alpha value is -11.1. The summed E-state index contributed by atoms with van der Waals surface area (Å²) in [5.41, 5.74) is 13.0. The lowest BCUT2D eigenvalue weighted by Gasteiger charge is -2.33. The van der Waals surface area contributed by atoms with Crippen molar-refractivity contribution in [2.75, 3.05) is 9.80 Å². The Kier molecular flexibility index (Phi) is 12.1. The van der Waals surface area contributed by atoms with Gasteiger partial charge < -0.3 is 18.9 Å². The van der Waals surface area contributed by atoms with Gasteiger partial charge in [-0.25, -0.2) is 0 Å². The summed E-state index contributed by atoms with van der Waals surface area (Å²) in [6, 6.07) is 114. The number of nitrogens with zero attached hydrogens (tertiary/aromatic N) is 6. The Balaban J connectivity index is 0.861. The maximum atomic E-state index is 5.69. The fourth-order valence-corrected chi connectivity index (χ4v) is 17.5. The maximum absolute atomic E-state index is 5.69. The summed E-state index contributed by atoms with van der Waals surface area (Å²) in [7, 11) is -3.26. The van der Waals surface area contributed by atoms with Crippen LogP contribution in [0.1, 0.15) is 0 Å². The molecule has 400 valence electrons. The molecule has 85 heavy (non-hydrogen) atoms. The summed E-state index contributed by atoms with van der Waals surface area (Å²) in [6.07, 6.45) is 4.16. The van der Waals surface area contributed by atoms with E-state index < -0.39 is 8.07 Å². The smallest absolute Gasteiger partial charge is 0.223 e. The molecule has 4 aromatic heterocycles. The zero-order valence-corrected chi connectivity index (χ0v) is 47.4. The summed E-state index contributed by atoms with van der Waals surface area (Å²) in [5.74, 6) is 0. The normalized spacial score (nSPS) is 11.8. The molecule has 4 heterocycles. The number of rotatable bonds is 12. The second-order valence-electron chi connectivity index (χ2n) is 21.8. The van der Waals surface area contributed by atoms with Crippen LogP contribution in [-0.4, -0.2) is 27.2 Å². The molecule has 6 nitrogen and oxygen atoms in total. The van der Waals surface area contributed by atoms with Gasteiger partial charge >= 0.3 is 0 Å². The average Bonchev–Trinajstić information content (AvgIpc) is 2.38. The molecule has 12 aromatic carbocycles. The molecule has 16 aromatic rings. The highest BCUT2D eigenvalue weighted by atomic mass is 28.3. The van der Waals surface area contributed by atoms with Crippen LogP contribution in [0.2, 0.25) is 0 Å². The third-order valence-electron chi connectivity index (χ3n) is 17.0. The lowest BCUT2D eigenvalue weighted by atomic mass is 10.1. The van der Waals surface area contributed by atoms with Crippen LogP contribution in [0.25, 0.3) is 76.5 Å². The summed E-state index contributed by atoms with van der Waals surface area (Å²) >= 11 is 0. The van der Waals surface area contributed by atoms with E-state index in [2.05, 4.69) is 347 Å². The van der Waals surface area contributed by atoms with Gasteiger partial charge in [-0.2, -0.15) is 0 Å². The number of hydrogen-bond donors (Lipinski definition) is 0. The summed E-state index contributed by atoms with van der Waals surface area (Å²) in [6.45, 7) is 0. The first-order chi connectivity index (χ1) is 42.2. The molecule has 0 N–H and O–H groups in total. The van der Waals surface area contributed by atoms with E-state index in [0.29, 0.717) is 0 Å². The molecule has 0 amide bonds. The van der Waals surface area contributed by atoms with Crippen molar-refractivity contribution in [3.63, 3.8) is 0 Å². The fourth-order valence-electron chi connectivity index (χ4n) is 13.2. The third kappa shape index (κ3) is 8.39. The van der Waals surface area contributed by atoms with Crippen molar-refractivity contribution in [2.45, 2.75) is 0 Å². The van der Waals surface area contributed by atoms with Gasteiger partial charge in [0.25, 0.3) is 0 Å². The molecule has 0 saturated carbocycles. The molecule has 7 heteroatoms. The quantitative estimate of drug-likeness (QED) is 0.114. The van der Waals surface area contributed by atoms with E-state index in [0.717, 1.165) is 67.2 Å². The number of benzene rings is 12. The number of anilines is 6. The molecule has 0 aliphatic rings. The minimum absolute atomic E-state index is 0.951. The zero-order valence-electron chi connectivity index (χ0n) is 46.4. The second-order valence-corrected chi connectivity index (χ2v) is 25.5. The van der Waals surface area contributed by atoms with Gasteiger partial charge in [0.2, 0.25) is 8.07 Å². The SMILES string of the molecule is c1ccc(-n2c3ccccc3c3cc(N(c4ccc([Si](c5ccccc5)(c5ccccc5)c5ccc(N(c6ccc7ccccc7c6)c6ccc7c(c6)c6ccccc6n7-c6ccccc6)cn5)nc4)c4ccc5ccccc5c4)ccc32)cc1. The molecule has 0 bridgehead atoms. The topological polar surface area (TPSA) is 42.1 Å². The van der Waals surface area contributed by atoms with Crippen LogP contribution in [0.5, 0.6) is 0 Å². The van der Waals surface area contributed by atoms with E-state index in [1.54, 1.807) is 0 Å². The van der Waals surface area contributed by atoms with Crippen molar-refractivity contribution in [1.82, 2.24) is 19.1 Å². The first-order valence-corrected chi connectivity index (χ1v) is 30.9. The van der Waals surface area contributed by atoms with Crippen LogP contribution < -0.4 is 30.8 Å². The molecule has 0 saturated heterocycles. The lowest BCUT2D eigenvalue weighted by Crippen LogP contribution is -2.76. The molecule has 0 radical (unpaired) electrons. The third-order valence-corrected chi connectivity index (χ3v) is 21.6. The minimum Gasteiger partial charge on any atom is -0.309 e. The van der Waals surface area contributed by atoms with Crippen LogP contribution in [0, 0.1) is 0 Å². The predicted molar refractivity (Wildman–Crippen MR) is 359 cm³/mol. The molecule has 0 unspecified atom stereocenters. The standard InChI is InChI=1S/C78H54N6Si/c1-5-25-59(26-6-1)83-73-35-19-17-33-69(73)71-51-63(41-45-75(71)83)81(61-39-37-55-21-13-15-23-57(55)49-61)65-43-47-77(79-53-65)85(67-29-9-3-10-30-67,68-31-11-4-12-32-68)78-48-44-66(54-80-78)82(62-40-38-56-22-14-16-24-58(56)50-62)64-42-46-76-72(52-64)70-34-18-20-36-74(70)84(76)60-27-7-2-8-28-60/h1-54H. The molecule has 0 spiro atoms. The molecular weight excluding hydrogens is 1050 g/mol. The highest BCUT2D eigenvalue weighted by Crippen LogP contribution is 2.43. The van der Waals surface area contributed by atoms with Crippen molar-refractivity contribution in [2.24, 2.45) is 0 Å². The zero-order chi connectivity index (χ0) is 56.3. The monoisotopic (exact) mass is 1100 g/mol. The second kappa shape index (κ2) is 20.7. The summed E-state index contributed by atoms with van der Waals surface area (Å²) in [4.78, 5) is 16.1. The first kappa shape index (κ1) is 49.7. The van der Waals surface area contributed by atoms with Gasteiger partial charge in [0.1, 0.15) is 0 Å². The van der Waals surface area contributed by atoms with Gasteiger partial charge in [-0.1, -0.05) is 194 Å². The van der Waals surface area contributed by atoms with E-state index in [1.165, 1.54) is 64.5 Å². The maximum Gasteiger partial charge on any atom is 0.223 e. The first-order valence-electron chi connectivity index (χ1n) is 28.9. The van der Waals surface area contributed by atoms with Crippen molar-refractivity contribution >= 4 is 128 Å². The average molecular weight is 1100 g/mol. The molecule has 0 fully saturated rings. The highest BCUT2D eigenvalue weighted by Gasteiger charge is 2.44. The van der Waals surface area contributed by atoms with Crippen LogP contribution in [0.4, 0.5) is 34.1 Å². The van der Waals surface area contributed by atoms with E-state index >= 15 is 0 Å². The summed E-state index contributed by atoms with van der Waals surface area (Å²) in [5, 5.41) is 13.8. The van der Waals surface area contributed by atoms with E-state index in [4.69, 9.17) is 9.97 Å². The largest absolute Gasteiger partial charge is 0.309 e. The van der Waals surface area contributed by atoms with Crippen molar-refractivity contribution < 1.29 is 0 Å². The fraction of sp³-hybridized carbons (Fsp3) is 0. The molecule has 0 aliphatic carbocycles. The van der Waals surface area contributed by atoms with Crippen LogP contribution in [0.15, 0.2) is 328 Å². The Labute approximate surface area is 493 Å². The molecule has 0 aliphatic heterocycles. The molecule has 0 atom stereocenters. The Bertz CT molecular complexity index is 4800. The Morgan fingerprint density at radius 3 is 0.988 bits per heavy atom. The minimum atomic E-state index is -3.26. The van der Waals surface area contributed by atoms with Crippen molar-refractivity contribution in [1.29, 1.82) is 0 Å². The van der Waals surface area contributed by atoms with Crippen molar-refractivity contribution in [3.05, 3.63) is 328 Å². The van der Waals surface area contributed by atoms with Gasteiger partial charge in [-0.05, 0) is 153 Å². The number of hydrogen-bond acceptors (Lipinski definition) is 4. The van der Waals surface area contributed by atoms with Gasteiger partial charge in [-0.15, -0.1) is 0 Å². The van der Waals surface area contributed by atoms with Crippen LogP contribution >= 0.6 is 0 Å². The predicted octanol–water partition coefficient (Wildman–Crippen LogP) is 17.3. The van der Waals surface area contributed by atoms with Crippen LogP contribution in [-0.2, 0) is 0 Å². The van der Waals surface area contributed by atoms with E-state index in [9.17, 15) is 0 Å². The Morgan fingerprint density at radius 1 is 0.247 bits per heavy atom. The van der Waals surface area contributed by atoms with E-state index in [1.807, 2.05) is 0 Å². The Morgan fingerprint density at radius 2 is 0.576 bits per heavy atom. The van der Waals surface area contributed by atoms with Gasteiger partial charge in [0.05, 0.1) is 45.8 Å². The lowest BCUT2D eigenvalue weighted by molar-refractivity contribution is 1.18. The van der Waals surface area contributed by atoms with Crippen LogP contribution in [0.3, 0.4) is 0 Å². The highest BCUT2D eigenvalue weighted by molar-refractivity contribution is 7.19. The van der Waals surface area contributed by atoms with Crippen molar-refractivity contribution in [3.8, 4) is 11.4 Å². The van der Waals surface area contributed by atoms with Gasteiger partial charge in [-0.3, -0.25) is 9.97 Å². The van der Waals surface area contributed by atoms with Gasteiger partial charge in [0.15, 0.2) is 0 Å². The summed E-state index contributed by atoms with van der Waals surface area (Å²) < 4.78 is 4.74. The number of aromatic nitrogens is 4. The van der Waals surface area contributed by atoms with Gasteiger partial charge in [0, 0.05) is 66.3 Å². The van der Waals surface area contributed by atoms with E-state index in [-0.39, 0.29) is 0 Å².